The quantitative estimate of drug-likeness (QED) is 0.863. The van der Waals surface area contributed by atoms with E-state index in [0.29, 0.717) is 11.3 Å². The molecule has 1 amide bonds. The van der Waals surface area contributed by atoms with Crippen molar-refractivity contribution in [3.05, 3.63) is 47.5 Å². The number of nitrogens with zero attached hydrogens (tertiary/aromatic N) is 2. The lowest BCUT2D eigenvalue weighted by atomic mass is 10.2. The Morgan fingerprint density at radius 1 is 1.35 bits per heavy atom. The van der Waals surface area contributed by atoms with Crippen molar-refractivity contribution in [1.82, 2.24) is 9.78 Å². The zero-order valence-electron chi connectivity index (χ0n) is 9.57. The first-order valence-corrected chi connectivity index (χ1v) is 5.13. The SMILES string of the molecule is Cc1c(NC(=O)c2ccc(F)cc2)cnn1C. The van der Waals surface area contributed by atoms with Crippen molar-refractivity contribution in [3.8, 4) is 0 Å². The van der Waals surface area contributed by atoms with Crippen LogP contribution >= 0.6 is 0 Å². The number of halogens is 1. The third-order valence-corrected chi connectivity index (χ3v) is 2.59. The van der Waals surface area contributed by atoms with Crippen LogP contribution in [0.1, 0.15) is 16.1 Å². The number of amides is 1. The van der Waals surface area contributed by atoms with Crippen molar-refractivity contribution < 1.29 is 9.18 Å². The second-order valence-corrected chi connectivity index (χ2v) is 3.73. The van der Waals surface area contributed by atoms with E-state index in [4.69, 9.17) is 0 Å². The Bertz CT molecular complexity index is 545. The van der Waals surface area contributed by atoms with Crippen molar-refractivity contribution in [2.75, 3.05) is 5.32 Å². The van der Waals surface area contributed by atoms with E-state index in [2.05, 4.69) is 10.4 Å². The summed E-state index contributed by atoms with van der Waals surface area (Å²) in [4.78, 5) is 11.8. The molecule has 0 fully saturated rings. The highest BCUT2D eigenvalue weighted by atomic mass is 19.1. The van der Waals surface area contributed by atoms with E-state index < -0.39 is 0 Å². The van der Waals surface area contributed by atoms with Gasteiger partial charge in [0.05, 0.1) is 17.6 Å². The topological polar surface area (TPSA) is 46.9 Å². The highest BCUT2D eigenvalue weighted by Crippen LogP contribution is 2.14. The Labute approximate surface area is 98.1 Å². The van der Waals surface area contributed by atoms with E-state index in [1.54, 1.807) is 17.9 Å². The largest absolute Gasteiger partial charge is 0.319 e. The van der Waals surface area contributed by atoms with E-state index >= 15 is 0 Å². The molecule has 1 heterocycles. The van der Waals surface area contributed by atoms with E-state index in [1.807, 2.05) is 6.92 Å². The Hall–Kier alpha value is -2.17. The van der Waals surface area contributed by atoms with Gasteiger partial charge in [-0.25, -0.2) is 4.39 Å². The van der Waals surface area contributed by atoms with Crippen molar-refractivity contribution in [2.24, 2.45) is 7.05 Å². The summed E-state index contributed by atoms with van der Waals surface area (Å²) in [6.07, 6.45) is 1.58. The molecule has 0 spiro atoms. The Morgan fingerprint density at radius 3 is 2.53 bits per heavy atom. The average Bonchev–Trinajstić information content (AvgIpc) is 2.62. The predicted molar refractivity (Wildman–Crippen MR) is 62.3 cm³/mol. The molecule has 1 N–H and O–H groups in total. The molecule has 0 aliphatic carbocycles. The van der Waals surface area contributed by atoms with Crippen molar-refractivity contribution >= 4 is 11.6 Å². The van der Waals surface area contributed by atoms with Crippen molar-refractivity contribution in [3.63, 3.8) is 0 Å². The van der Waals surface area contributed by atoms with Crippen LogP contribution in [0, 0.1) is 12.7 Å². The van der Waals surface area contributed by atoms with Crippen LogP contribution in [-0.2, 0) is 7.05 Å². The summed E-state index contributed by atoms with van der Waals surface area (Å²) < 4.78 is 14.4. The van der Waals surface area contributed by atoms with Gasteiger partial charge >= 0.3 is 0 Å². The molecule has 0 atom stereocenters. The summed E-state index contributed by atoms with van der Waals surface area (Å²) in [5.41, 5.74) is 1.93. The van der Waals surface area contributed by atoms with Gasteiger partial charge < -0.3 is 5.32 Å². The minimum Gasteiger partial charge on any atom is -0.319 e. The van der Waals surface area contributed by atoms with Crippen LogP contribution < -0.4 is 5.32 Å². The third-order valence-electron chi connectivity index (χ3n) is 2.59. The molecule has 0 saturated carbocycles. The zero-order valence-corrected chi connectivity index (χ0v) is 9.57. The number of hydrogen-bond donors (Lipinski definition) is 1. The number of benzene rings is 1. The second kappa shape index (κ2) is 4.37. The van der Waals surface area contributed by atoms with Gasteiger partial charge in [0, 0.05) is 12.6 Å². The van der Waals surface area contributed by atoms with Crippen LogP contribution in [0.25, 0.3) is 0 Å². The number of carbonyl (C=O) groups excluding carboxylic acids is 1. The van der Waals surface area contributed by atoms with Gasteiger partial charge in [0.2, 0.25) is 0 Å². The number of nitrogens with one attached hydrogen (secondary N) is 1. The summed E-state index contributed by atoms with van der Waals surface area (Å²) >= 11 is 0. The van der Waals surface area contributed by atoms with Gasteiger partial charge in [-0.3, -0.25) is 9.48 Å². The van der Waals surface area contributed by atoms with Crippen LogP contribution in [0.5, 0.6) is 0 Å². The van der Waals surface area contributed by atoms with Gasteiger partial charge in [0.15, 0.2) is 0 Å². The molecular formula is C12H12FN3O. The van der Waals surface area contributed by atoms with E-state index in [-0.39, 0.29) is 11.7 Å². The van der Waals surface area contributed by atoms with Crippen molar-refractivity contribution in [2.45, 2.75) is 6.92 Å². The molecule has 1 aromatic carbocycles. The molecule has 2 rings (SSSR count). The Morgan fingerprint density at radius 2 is 2.00 bits per heavy atom. The fraction of sp³-hybridized carbons (Fsp3) is 0.167. The molecule has 2 aromatic rings. The van der Waals surface area contributed by atoms with E-state index in [1.165, 1.54) is 24.3 Å². The van der Waals surface area contributed by atoms with Gasteiger partial charge in [-0.05, 0) is 31.2 Å². The average molecular weight is 233 g/mol. The summed E-state index contributed by atoms with van der Waals surface area (Å²) in [5.74, 6) is -0.639. The summed E-state index contributed by atoms with van der Waals surface area (Å²) in [5, 5.41) is 6.74. The Kier molecular flexibility index (Phi) is 2.91. The second-order valence-electron chi connectivity index (χ2n) is 3.73. The zero-order chi connectivity index (χ0) is 12.4. The summed E-state index contributed by atoms with van der Waals surface area (Å²) in [7, 11) is 1.79. The molecule has 88 valence electrons. The molecule has 5 heteroatoms. The fourth-order valence-electron chi connectivity index (χ4n) is 1.42. The smallest absolute Gasteiger partial charge is 0.255 e. The molecule has 0 saturated heterocycles. The molecule has 17 heavy (non-hydrogen) atoms. The van der Waals surface area contributed by atoms with Crippen LogP contribution in [0.4, 0.5) is 10.1 Å². The molecule has 0 radical (unpaired) electrons. The minimum atomic E-state index is -0.362. The maximum absolute atomic E-state index is 12.7. The number of rotatable bonds is 2. The van der Waals surface area contributed by atoms with Gasteiger partial charge in [0.25, 0.3) is 5.91 Å². The first-order valence-electron chi connectivity index (χ1n) is 5.13. The van der Waals surface area contributed by atoms with Gasteiger partial charge in [-0.15, -0.1) is 0 Å². The number of aromatic nitrogens is 2. The molecule has 1 aromatic heterocycles. The summed E-state index contributed by atoms with van der Waals surface area (Å²) in [6, 6.07) is 5.39. The van der Waals surface area contributed by atoms with Crippen LogP contribution in [0.3, 0.4) is 0 Å². The highest BCUT2D eigenvalue weighted by molar-refractivity contribution is 6.04. The standard InChI is InChI=1S/C12H12FN3O/c1-8-11(7-14-16(8)2)15-12(17)9-3-5-10(13)6-4-9/h3-7H,1-2H3,(H,15,17). The fourth-order valence-corrected chi connectivity index (χ4v) is 1.42. The molecule has 4 nitrogen and oxygen atoms in total. The maximum atomic E-state index is 12.7. The molecular weight excluding hydrogens is 221 g/mol. The lowest BCUT2D eigenvalue weighted by molar-refractivity contribution is 0.102. The maximum Gasteiger partial charge on any atom is 0.255 e. The normalized spacial score (nSPS) is 10.3. The number of carbonyl (C=O) groups is 1. The Balaban J connectivity index is 2.17. The third kappa shape index (κ3) is 2.33. The summed E-state index contributed by atoms with van der Waals surface area (Å²) in [6.45, 7) is 1.85. The predicted octanol–water partition coefficient (Wildman–Crippen LogP) is 2.12. The monoisotopic (exact) mass is 233 g/mol. The lowest BCUT2D eigenvalue weighted by Crippen LogP contribution is -2.12. The van der Waals surface area contributed by atoms with Crippen LogP contribution in [0.15, 0.2) is 30.5 Å². The van der Waals surface area contributed by atoms with Gasteiger partial charge in [0.1, 0.15) is 5.82 Å². The minimum absolute atomic E-state index is 0.277. The van der Waals surface area contributed by atoms with Gasteiger partial charge in [-0.1, -0.05) is 0 Å². The first kappa shape index (κ1) is 11.3. The number of hydrogen-bond acceptors (Lipinski definition) is 2. The number of aryl methyl sites for hydroxylation is 1. The van der Waals surface area contributed by atoms with Gasteiger partial charge in [-0.2, -0.15) is 5.10 Å². The highest BCUT2D eigenvalue weighted by Gasteiger charge is 2.09. The lowest BCUT2D eigenvalue weighted by Gasteiger charge is -2.04. The van der Waals surface area contributed by atoms with Crippen molar-refractivity contribution in [1.29, 1.82) is 0 Å². The van der Waals surface area contributed by atoms with Crippen LogP contribution in [0.2, 0.25) is 0 Å². The van der Waals surface area contributed by atoms with E-state index in [9.17, 15) is 9.18 Å². The molecule has 0 bridgehead atoms. The number of anilines is 1. The molecule has 0 aliphatic rings. The molecule has 0 unspecified atom stereocenters. The van der Waals surface area contributed by atoms with E-state index in [0.717, 1.165) is 5.69 Å². The van der Waals surface area contributed by atoms with Crippen LogP contribution in [-0.4, -0.2) is 15.7 Å². The first-order chi connectivity index (χ1) is 8.08. The molecule has 0 aliphatic heterocycles.